The number of nitrogens with zero attached hydrogens (tertiary/aromatic N) is 1. The molecule has 1 atom stereocenters. The molecule has 2 aromatic rings. The number of benzene rings is 2. The van der Waals surface area contributed by atoms with Gasteiger partial charge in [-0.1, -0.05) is 73.5 Å². The highest BCUT2D eigenvalue weighted by atomic mass is 16.2. The first-order valence-corrected chi connectivity index (χ1v) is 10.6. The minimum Gasteiger partial charge on any atom is -0.354 e. The maximum absolute atomic E-state index is 13.2. The second kappa shape index (κ2) is 11.4. The van der Waals surface area contributed by atoms with Crippen molar-refractivity contribution in [2.24, 2.45) is 0 Å². The van der Waals surface area contributed by atoms with Crippen molar-refractivity contribution in [3.05, 3.63) is 70.8 Å². The van der Waals surface area contributed by atoms with Crippen molar-refractivity contribution in [2.75, 3.05) is 6.54 Å². The Hall–Kier alpha value is -2.62. The van der Waals surface area contributed by atoms with Crippen LogP contribution in [0.1, 0.15) is 55.4 Å². The van der Waals surface area contributed by atoms with Crippen LogP contribution in [0.2, 0.25) is 0 Å². The highest BCUT2D eigenvalue weighted by Crippen LogP contribution is 2.16. The van der Waals surface area contributed by atoms with Gasteiger partial charge in [-0.3, -0.25) is 9.59 Å². The number of carbonyl (C=O) groups excluding carboxylic acids is 2. The van der Waals surface area contributed by atoms with E-state index in [2.05, 4.69) is 36.5 Å². The van der Waals surface area contributed by atoms with Crippen LogP contribution in [0, 0.1) is 13.8 Å². The van der Waals surface area contributed by atoms with Crippen molar-refractivity contribution >= 4 is 11.8 Å². The Balaban J connectivity index is 2.16. The first-order chi connectivity index (χ1) is 13.9. The fourth-order valence-corrected chi connectivity index (χ4v) is 3.33. The third-order valence-electron chi connectivity index (χ3n) is 5.16. The van der Waals surface area contributed by atoms with Crippen LogP contribution in [0.5, 0.6) is 0 Å². The van der Waals surface area contributed by atoms with E-state index in [0.29, 0.717) is 32.4 Å². The van der Waals surface area contributed by atoms with E-state index >= 15 is 0 Å². The Labute approximate surface area is 175 Å². The van der Waals surface area contributed by atoms with Crippen molar-refractivity contribution < 1.29 is 9.59 Å². The van der Waals surface area contributed by atoms with Crippen LogP contribution >= 0.6 is 0 Å². The normalized spacial score (nSPS) is 11.7. The van der Waals surface area contributed by atoms with Gasteiger partial charge in [-0.2, -0.15) is 0 Å². The third kappa shape index (κ3) is 7.04. The topological polar surface area (TPSA) is 49.4 Å². The first-order valence-electron chi connectivity index (χ1n) is 10.6. The maximum Gasteiger partial charge on any atom is 0.242 e. The molecule has 0 fully saturated rings. The van der Waals surface area contributed by atoms with E-state index in [1.54, 1.807) is 4.90 Å². The number of amides is 2. The molecule has 29 heavy (non-hydrogen) atoms. The molecule has 0 bridgehead atoms. The molecule has 0 aliphatic carbocycles. The summed E-state index contributed by atoms with van der Waals surface area (Å²) in [5.74, 6) is -0.0465. The van der Waals surface area contributed by atoms with E-state index in [0.717, 1.165) is 17.5 Å². The molecule has 0 saturated heterocycles. The lowest BCUT2D eigenvalue weighted by atomic mass is 10.0. The number of hydrogen-bond acceptors (Lipinski definition) is 2. The van der Waals surface area contributed by atoms with Gasteiger partial charge in [-0.25, -0.2) is 0 Å². The van der Waals surface area contributed by atoms with Gasteiger partial charge in [-0.15, -0.1) is 0 Å². The highest BCUT2D eigenvalue weighted by molar-refractivity contribution is 5.87. The fraction of sp³-hybridized carbons (Fsp3) is 0.440. The van der Waals surface area contributed by atoms with Gasteiger partial charge in [-0.05, 0) is 44.2 Å². The Bertz CT molecular complexity index is 781. The molecule has 0 aliphatic heterocycles. The van der Waals surface area contributed by atoms with E-state index in [1.165, 1.54) is 11.1 Å². The minimum atomic E-state index is -0.451. The third-order valence-corrected chi connectivity index (χ3v) is 5.16. The van der Waals surface area contributed by atoms with Gasteiger partial charge in [0.25, 0.3) is 0 Å². The standard InChI is InChI=1S/C25H34N2O2/c1-5-17-26-25(29)23(6-2)27(18-22-13-9-20(4)10-14-22)24(28)16-15-21-11-7-19(3)8-12-21/h7-14,23H,5-6,15-18H2,1-4H3,(H,26,29)/t23-/m0/s1. The van der Waals surface area contributed by atoms with E-state index < -0.39 is 6.04 Å². The Morgan fingerprint density at radius 1 is 0.897 bits per heavy atom. The quantitative estimate of drug-likeness (QED) is 0.642. The van der Waals surface area contributed by atoms with Crippen molar-refractivity contribution in [3.8, 4) is 0 Å². The van der Waals surface area contributed by atoms with Crippen LogP contribution < -0.4 is 5.32 Å². The molecule has 0 spiro atoms. The van der Waals surface area contributed by atoms with Gasteiger partial charge in [0.1, 0.15) is 6.04 Å². The van der Waals surface area contributed by atoms with Crippen LogP contribution in [0.3, 0.4) is 0 Å². The maximum atomic E-state index is 13.2. The van der Waals surface area contributed by atoms with Gasteiger partial charge < -0.3 is 10.2 Å². The summed E-state index contributed by atoms with van der Waals surface area (Å²) >= 11 is 0. The summed E-state index contributed by atoms with van der Waals surface area (Å²) in [6.45, 7) is 9.17. The zero-order valence-electron chi connectivity index (χ0n) is 18.2. The summed E-state index contributed by atoms with van der Waals surface area (Å²) in [5.41, 5.74) is 4.57. The van der Waals surface area contributed by atoms with Crippen molar-refractivity contribution in [3.63, 3.8) is 0 Å². The van der Waals surface area contributed by atoms with Gasteiger partial charge in [0, 0.05) is 19.5 Å². The van der Waals surface area contributed by atoms with Crippen LogP contribution in [-0.2, 0) is 22.6 Å². The van der Waals surface area contributed by atoms with Crippen LogP contribution in [0.25, 0.3) is 0 Å². The monoisotopic (exact) mass is 394 g/mol. The van der Waals surface area contributed by atoms with E-state index in [9.17, 15) is 9.59 Å². The van der Waals surface area contributed by atoms with E-state index in [4.69, 9.17) is 0 Å². The van der Waals surface area contributed by atoms with Gasteiger partial charge >= 0.3 is 0 Å². The molecule has 0 aromatic heterocycles. The average molecular weight is 395 g/mol. The summed E-state index contributed by atoms with van der Waals surface area (Å²) in [7, 11) is 0. The lowest BCUT2D eigenvalue weighted by Crippen LogP contribution is -2.49. The molecule has 156 valence electrons. The summed E-state index contributed by atoms with van der Waals surface area (Å²) in [4.78, 5) is 27.7. The molecular weight excluding hydrogens is 360 g/mol. The largest absolute Gasteiger partial charge is 0.354 e. The van der Waals surface area contributed by atoms with Gasteiger partial charge in [0.05, 0.1) is 0 Å². The molecule has 0 radical (unpaired) electrons. The number of aryl methyl sites for hydroxylation is 3. The SMILES string of the molecule is CCCNC(=O)[C@H](CC)N(Cc1ccc(C)cc1)C(=O)CCc1ccc(C)cc1. The second-order valence-corrected chi connectivity index (χ2v) is 7.71. The summed E-state index contributed by atoms with van der Waals surface area (Å²) in [6.07, 6.45) is 2.54. The average Bonchev–Trinajstić information content (AvgIpc) is 2.72. The van der Waals surface area contributed by atoms with Crippen molar-refractivity contribution in [1.29, 1.82) is 0 Å². The predicted molar refractivity (Wildman–Crippen MR) is 119 cm³/mol. The Kier molecular flexibility index (Phi) is 8.91. The van der Waals surface area contributed by atoms with Crippen molar-refractivity contribution in [1.82, 2.24) is 10.2 Å². The number of rotatable bonds is 10. The molecule has 0 unspecified atom stereocenters. The molecule has 1 N–H and O–H groups in total. The van der Waals surface area contributed by atoms with Gasteiger partial charge in [0.15, 0.2) is 0 Å². The number of nitrogens with one attached hydrogen (secondary N) is 1. The summed E-state index contributed by atoms with van der Waals surface area (Å²) in [6, 6.07) is 16.0. The molecule has 0 aliphatic rings. The van der Waals surface area contributed by atoms with Crippen molar-refractivity contribution in [2.45, 2.75) is 66.0 Å². The lowest BCUT2D eigenvalue weighted by Gasteiger charge is -2.31. The second-order valence-electron chi connectivity index (χ2n) is 7.71. The molecule has 0 saturated carbocycles. The summed E-state index contributed by atoms with van der Waals surface area (Å²) < 4.78 is 0. The molecule has 4 nitrogen and oxygen atoms in total. The van der Waals surface area contributed by atoms with Gasteiger partial charge in [0.2, 0.25) is 11.8 Å². The number of hydrogen-bond donors (Lipinski definition) is 1. The van der Waals surface area contributed by atoms with Crippen LogP contribution in [-0.4, -0.2) is 29.3 Å². The summed E-state index contributed by atoms with van der Waals surface area (Å²) in [5, 5.41) is 2.96. The molecule has 2 amide bonds. The van der Waals surface area contributed by atoms with E-state index in [-0.39, 0.29) is 11.8 Å². The zero-order valence-corrected chi connectivity index (χ0v) is 18.2. The lowest BCUT2D eigenvalue weighted by molar-refractivity contribution is -0.141. The van der Waals surface area contributed by atoms with Crippen LogP contribution in [0.4, 0.5) is 0 Å². The Morgan fingerprint density at radius 2 is 1.45 bits per heavy atom. The van der Waals surface area contributed by atoms with E-state index in [1.807, 2.05) is 45.0 Å². The number of carbonyl (C=O) groups is 2. The Morgan fingerprint density at radius 3 is 1.97 bits per heavy atom. The molecule has 2 rings (SSSR count). The zero-order chi connectivity index (χ0) is 21.2. The molecule has 0 heterocycles. The molecule has 2 aromatic carbocycles. The fourth-order valence-electron chi connectivity index (χ4n) is 3.33. The molecule has 4 heteroatoms. The molecular formula is C25H34N2O2. The predicted octanol–water partition coefficient (Wildman–Crippen LogP) is 4.57. The highest BCUT2D eigenvalue weighted by Gasteiger charge is 2.28. The minimum absolute atomic E-state index is 0.0182. The van der Waals surface area contributed by atoms with Crippen LogP contribution in [0.15, 0.2) is 48.5 Å². The first kappa shape index (κ1) is 22.7. The smallest absolute Gasteiger partial charge is 0.242 e.